The zero-order valence-electron chi connectivity index (χ0n) is 16.9. The van der Waals surface area contributed by atoms with Gasteiger partial charge < -0.3 is 20.0 Å². The van der Waals surface area contributed by atoms with E-state index >= 15 is 0 Å². The molecule has 0 radical (unpaired) electrons. The van der Waals surface area contributed by atoms with Crippen LogP contribution >= 0.6 is 12.2 Å². The van der Waals surface area contributed by atoms with Gasteiger partial charge in [-0.15, -0.1) is 0 Å². The summed E-state index contributed by atoms with van der Waals surface area (Å²) in [5, 5.41) is 3.99. The maximum atomic E-state index is 13.0. The summed E-state index contributed by atoms with van der Waals surface area (Å²) in [6.45, 7) is 11.0. The molecule has 28 heavy (non-hydrogen) atoms. The van der Waals surface area contributed by atoms with Gasteiger partial charge in [-0.25, -0.2) is 4.39 Å². The molecule has 2 atom stereocenters. The Morgan fingerprint density at radius 1 is 1.14 bits per heavy atom. The number of hydrogen-bond donors (Lipinski definition) is 2. The van der Waals surface area contributed by atoms with Crippen LogP contribution in [0.15, 0.2) is 24.3 Å². The first-order chi connectivity index (χ1) is 13.4. The average Bonchev–Trinajstić information content (AvgIpc) is 2.67. The zero-order chi connectivity index (χ0) is 20.1. The van der Waals surface area contributed by atoms with Crippen molar-refractivity contribution in [1.82, 2.24) is 15.1 Å². The van der Waals surface area contributed by atoms with E-state index in [-0.39, 0.29) is 5.82 Å². The molecule has 2 heterocycles. The molecule has 2 fully saturated rings. The minimum atomic E-state index is -0.228. The summed E-state index contributed by atoms with van der Waals surface area (Å²) in [6, 6.07) is 6.45. The van der Waals surface area contributed by atoms with E-state index in [1.165, 1.54) is 23.5 Å². The molecule has 7 heteroatoms. The Morgan fingerprint density at radius 3 is 2.36 bits per heavy atom. The topological polar surface area (TPSA) is 40.0 Å². The first-order valence-corrected chi connectivity index (χ1v) is 10.7. The standard InChI is InChI=1S/C21H31FN4OS/c1-16-11-17(2)14-26(13-16)20(27)15-24-7-9-25(10-8-24)21(28)23-12-18-3-5-19(22)6-4-18/h3-6,16-17H,7-15H2,1-2H3,(H,23,28)/p+1/t16-,17-/m0/s1. The molecule has 0 unspecified atom stereocenters. The highest BCUT2D eigenvalue weighted by molar-refractivity contribution is 7.80. The quantitative estimate of drug-likeness (QED) is 0.728. The van der Waals surface area contributed by atoms with Crippen molar-refractivity contribution < 1.29 is 14.1 Å². The van der Waals surface area contributed by atoms with Crippen molar-refractivity contribution in [1.29, 1.82) is 0 Å². The Balaban J connectivity index is 1.39. The van der Waals surface area contributed by atoms with E-state index in [2.05, 4.69) is 29.0 Å². The van der Waals surface area contributed by atoms with Crippen LogP contribution in [-0.2, 0) is 11.3 Å². The summed E-state index contributed by atoms with van der Waals surface area (Å²) in [5.74, 6) is 1.26. The van der Waals surface area contributed by atoms with Crippen LogP contribution in [0.4, 0.5) is 4.39 Å². The number of rotatable bonds is 4. The summed E-state index contributed by atoms with van der Waals surface area (Å²) >= 11 is 5.51. The van der Waals surface area contributed by atoms with Gasteiger partial charge in [0.25, 0.3) is 5.91 Å². The normalized spacial score (nSPS) is 23.5. The van der Waals surface area contributed by atoms with Crippen LogP contribution in [-0.4, -0.2) is 66.6 Å². The van der Waals surface area contributed by atoms with E-state index in [1.807, 2.05) is 0 Å². The smallest absolute Gasteiger partial charge is 0.277 e. The van der Waals surface area contributed by atoms with E-state index in [0.29, 0.717) is 30.8 Å². The number of nitrogens with zero attached hydrogens (tertiary/aromatic N) is 2. The summed E-state index contributed by atoms with van der Waals surface area (Å²) in [7, 11) is 0. The van der Waals surface area contributed by atoms with E-state index < -0.39 is 0 Å². The molecule has 2 aliphatic rings. The fourth-order valence-corrected chi connectivity index (χ4v) is 4.54. The monoisotopic (exact) mass is 407 g/mol. The number of carbonyl (C=O) groups is 1. The third-order valence-electron chi connectivity index (χ3n) is 5.74. The molecule has 3 rings (SSSR count). The van der Waals surface area contributed by atoms with Crippen LogP contribution < -0.4 is 10.2 Å². The van der Waals surface area contributed by atoms with Gasteiger partial charge in [0.1, 0.15) is 5.82 Å². The number of amides is 1. The number of piperazine rings is 1. The van der Waals surface area contributed by atoms with Gasteiger partial charge in [-0.1, -0.05) is 26.0 Å². The molecule has 2 aliphatic heterocycles. The summed E-state index contributed by atoms with van der Waals surface area (Å²) in [5.41, 5.74) is 1.00. The van der Waals surface area contributed by atoms with Gasteiger partial charge in [0, 0.05) is 19.6 Å². The third-order valence-corrected chi connectivity index (χ3v) is 6.14. The van der Waals surface area contributed by atoms with Gasteiger partial charge in [0.15, 0.2) is 11.7 Å². The minimum absolute atomic E-state index is 0.228. The highest BCUT2D eigenvalue weighted by atomic mass is 32.1. The van der Waals surface area contributed by atoms with E-state index in [1.54, 1.807) is 12.1 Å². The molecule has 0 bridgehead atoms. The first kappa shape index (κ1) is 21.0. The molecular weight excluding hydrogens is 375 g/mol. The van der Waals surface area contributed by atoms with Gasteiger partial charge >= 0.3 is 0 Å². The first-order valence-electron chi connectivity index (χ1n) is 10.3. The number of piperidine rings is 1. The van der Waals surface area contributed by atoms with Crippen molar-refractivity contribution in [3.8, 4) is 0 Å². The molecule has 1 amide bonds. The van der Waals surface area contributed by atoms with Crippen molar-refractivity contribution in [3.63, 3.8) is 0 Å². The van der Waals surface area contributed by atoms with Gasteiger partial charge in [0.05, 0.1) is 26.2 Å². The van der Waals surface area contributed by atoms with Crippen molar-refractivity contribution in [3.05, 3.63) is 35.6 Å². The molecule has 0 saturated carbocycles. The molecule has 0 aromatic heterocycles. The molecule has 1 aromatic carbocycles. The van der Waals surface area contributed by atoms with E-state index in [9.17, 15) is 9.18 Å². The molecule has 0 spiro atoms. The maximum Gasteiger partial charge on any atom is 0.277 e. The van der Waals surface area contributed by atoms with E-state index in [4.69, 9.17) is 12.2 Å². The second kappa shape index (κ2) is 9.65. The van der Waals surface area contributed by atoms with Gasteiger partial charge in [0.2, 0.25) is 0 Å². The van der Waals surface area contributed by atoms with Crippen molar-refractivity contribution in [2.45, 2.75) is 26.8 Å². The number of thiocarbonyl (C=S) groups is 1. The molecule has 1 aromatic rings. The molecule has 0 aliphatic carbocycles. The van der Waals surface area contributed by atoms with Crippen molar-refractivity contribution in [2.75, 3.05) is 45.8 Å². The number of halogens is 1. The number of hydrogen-bond acceptors (Lipinski definition) is 2. The second-order valence-corrected chi connectivity index (χ2v) is 8.83. The van der Waals surface area contributed by atoms with Gasteiger partial charge in [-0.2, -0.15) is 0 Å². The summed E-state index contributed by atoms with van der Waals surface area (Å²) in [6.07, 6.45) is 1.22. The van der Waals surface area contributed by atoms with Gasteiger partial charge in [-0.05, 0) is 48.2 Å². The number of nitrogens with one attached hydrogen (secondary N) is 2. The molecule has 2 saturated heterocycles. The average molecular weight is 408 g/mol. The van der Waals surface area contributed by atoms with Crippen LogP contribution in [0.3, 0.4) is 0 Å². The maximum absolute atomic E-state index is 13.0. The largest absolute Gasteiger partial charge is 0.358 e. The van der Waals surface area contributed by atoms with Crippen LogP contribution in [0, 0.1) is 17.7 Å². The molecular formula is C21H32FN4OS+. The number of likely N-dealkylation sites (tertiary alicyclic amines) is 1. The van der Waals surface area contributed by atoms with Gasteiger partial charge in [-0.3, -0.25) is 4.79 Å². The molecule has 154 valence electrons. The highest BCUT2D eigenvalue weighted by Gasteiger charge is 2.29. The van der Waals surface area contributed by atoms with Crippen LogP contribution in [0.2, 0.25) is 0 Å². The number of carbonyl (C=O) groups excluding carboxylic acids is 1. The number of benzene rings is 1. The number of quaternary nitrogens is 1. The molecule has 5 nitrogen and oxygen atoms in total. The lowest BCUT2D eigenvalue weighted by Gasteiger charge is -2.37. The Bertz CT molecular complexity index is 665. The lowest BCUT2D eigenvalue weighted by atomic mass is 9.92. The predicted molar refractivity (Wildman–Crippen MR) is 112 cm³/mol. The summed E-state index contributed by atoms with van der Waals surface area (Å²) < 4.78 is 13.0. The lowest BCUT2D eigenvalue weighted by Crippen LogP contribution is -3.16. The van der Waals surface area contributed by atoms with E-state index in [0.717, 1.165) is 49.9 Å². The van der Waals surface area contributed by atoms with Crippen molar-refractivity contribution in [2.24, 2.45) is 11.8 Å². The fraction of sp³-hybridized carbons (Fsp3) is 0.619. The van der Waals surface area contributed by atoms with Crippen LogP contribution in [0.1, 0.15) is 25.8 Å². The Hall–Kier alpha value is -1.73. The Labute approximate surface area is 172 Å². The third kappa shape index (κ3) is 5.88. The summed E-state index contributed by atoms with van der Waals surface area (Å²) in [4.78, 5) is 18.3. The Kier molecular flexibility index (Phi) is 7.24. The lowest BCUT2D eigenvalue weighted by molar-refractivity contribution is -0.896. The fourth-order valence-electron chi connectivity index (χ4n) is 4.29. The Morgan fingerprint density at radius 2 is 1.75 bits per heavy atom. The highest BCUT2D eigenvalue weighted by Crippen LogP contribution is 2.20. The SMILES string of the molecule is C[C@H]1C[C@H](C)CN(C(=O)C[NH+]2CCN(C(=S)NCc3ccc(F)cc3)CC2)C1. The molecule has 2 N–H and O–H groups in total. The second-order valence-electron chi connectivity index (χ2n) is 8.44. The van der Waals surface area contributed by atoms with Crippen LogP contribution in [0.25, 0.3) is 0 Å². The van der Waals surface area contributed by atoms with Crippen molar-refractivity contribution >= 4 is 23.2 Å². The zero-order valence-corrected chi connectivity index (χ0v) is 17.7. The van der Waals surface area contributed by atoms with Crippen LogP contribution in [0.5, 0.6) is 0 Å². The minimum Gasteiger partial charge on any atom is -0.358 e. The predicted octanol–water partition coefficient (Wildman–Crippen LogP) is 0.905.